The maximum atomic E-state index is 8.48. The molecule has 104 valence electrons. The molecule has 0 saturated carbocycles. The number of nitriles is 1. The maximum absolute atomic E-state index is 8.48. The molecule has 0 aliphatic heterocycles. The Bertz CT molecular complexity index is 577. The monoisotopic (exact) mass is 306 g/mol. The number of thioether (sulfide) groups is 1. The van der Waals surface area contributed by atoms with E-state index in [0.29, 0.717) is 13.0 Å². The van der Waals surface area contributed by atoms with Gasteiger partial charge in [0, 0.05) is 18.7 Å². The molecule has 1 aromatic heterocycles. The van der Waals surface area contributed by atoms with Gasteiger partial charge in [-0.1, -0.05) is 35.2 Å². The summed E-state index contributed by atoms with van der Waals surface area (Å²) >= 11 is 3.06. The number of ether oxygens (including phenoxy) is 1. The summed E-state index contributed by atoms with van der Waals surface area (Å²) in [4.78, 5) is 0. The average molecular weight is 306 g/mol. The number of methoxy groups -OCH3 is 1. The van der Waals surface area contributed by atoms with Crippen molar-refractivity contribution in [3.8, 4) is 11.8 Å². The maximum Gasteiger partial charge on any atom is 0.206 e. The zero-order valence-electron chi connectivity index (χ0n) is 11.0. The highest BCUT2D eigenvalue weighted by Gasteiger charge is 2.04. The van der Waals surface area contributed by atoms with Crippen LogP contribution in [0.5, 0.6) is 5.75 Å². The van der Waals surface area contributed by atoms with Gasteiger partial charge in [0.2, 0.25) is 5.13 Å². The molecule has 7 heteroatoms. The van der Waals surface area contributed by atoms with E-state index in [4.69, 9.17) is 10.00 Å². The lowest BCUT2D eigenvalue weighted by atomic mass is 10.2. The second kappa shape index (κ2) is 7.72. The molecule has 1 N–H and O–H groups in total. The molecule has 2 aromatic rings. The minimum absolute atomic E-state index is 0.527. The summed E-state index contributed by atoms with van der Waals surface area (Å²) < 4.78 is 6.00. The van der Waals surface area contributed by atoms with Gasteiger partial charge in [0.25, 0.3) is 0 Å². The van der Waals surface area contributed by atoms with E-state index >= 15 is 0 Å². The Hall–Kier alpha value is -1.78. The van der Waals surface area contributed by atoms with Crippen LogP contribution in [-0.2, 0) is 6.54 Å². The number of benzene rings is 1. The van der Waals surface area contributed by atoms with Crippen molar-refractivity contribution in [2.45, 2.75) is 17.3 Å². The first-order chi connectivity index (χ1) is 9.81. The van der Waals surface area contributed by atoms with Crippen LogP contribution in [-0.4, -0.2) is 23.1 Å². The van der Waals surface area contributed by atoms with Crippen molar-refractivity contribution in [2.24, 2.45) is 0 Å². The van der Waals surface area contributed by atoms with Gasteiger partial charge in [0.1, 0.15) is 5.75 Å². The van der Waals surface area contributed by atoms with Crippen molar-refractivity contribution < 1.29 is 4.74 Å². The second-order valence-corrected chi connectivity index (χ2v) is 6.15. The third-order valence-electron chi connectivity index (χ3n) is 2.45. The second-order valence-electron chi connectivity index (χ2n) is 3.83. The van der Waals surface area contributed by atoms with Gasteiger partial charge in [-0.15, -0.1) is 10.2 Å². The number of anilines is 1. The fourth-order valence-corrected chi connectivity index (χ4v) is 3.11. The Morgan fingerprint density at radius 1 is 1.35 bits per heavy atom. The van der Waals surface area contributed by atoms with Crippen LogP contribution in [0.1, 0.15) is 12.0 Å². The molecule has 0 unspecified atom stereocenters. The highest BCUT2D eigenvalue weighted by Crippen LogP contribution is 2.26. The van der Waals surface area contributed by atoms with Crippen LogP contribution in [0.2, 0.25) is 0 Å². The molecule has 20 heavy (non-hydrogen) atoms. The third-order valence-corrected chi connectivity index (χ3v) is 4.46. The summed E-state index contributed by atoms with van der Waals surface area (Å²) in [6.07, 6.45) is 0.527. The van der Waals surface area contributed by atoms with Crippen LogP contribution in [0.25, 0.3) is 0 Å². The van der Waals surface area contributed by atoms with E-state index in [1.165, 1.54) is 11.3 Å². The number of nitrogens with one attached hydrogen (secondary N) is 1. The van der Waals surface area contributed by atoms with E-state index in [0.717, 1.165) is 26.5 Å². The lowest BCUT2D eigenvalue weighted by Gasteiger charge is -2.03. The lowest BCUT2D eigenvalue weighted by molar-refractivity contribution is 0.414. The molecule has 0 spiro atoms. The van der Waals surface area contributed by atoms with Crippen LogP contribution < -0.4 is 10.1 Å². The summed E-state index contributed by atoms with van der Waals surface area (Å²) in [6.45, 7) is 0.696. The van der Waals surface area contributed by atoms with Gasteiger partial charge in [-0.3, -0.25) is 0 Å². The SMILES string of the molecule is COc1ccc(CNc2nnc(SCCC#N)s2)cc1. The zero-order chi connectivity index (χ0) is 14.2. The summed E-state index contributed by atoms with van der Waals surface area (Å²) in [5.41, 5.74) is 1.15. The number of nitrogens with zero attached hydrogens (tertiary/aromatic N) is 3. The molecule has 2 rings (SSSR count). The largest absolute Gasteiger partial charge is 0.497 e. The van der Waals surface area contributed by atoms with Gasteiger partial charge in [0.15, 0.2) is 4.34 Å². The summed E-state index contributed by atoms with van der Waals surface area (Å²) in [7, 11) is 1.65. The van der Waals surface area contributed by atoms with Crippen LogP contribution >= 0.6 is 23.1 Å². The molecule has 0 bridgehead atoms. The normalized spacial score (nSPS) is 10.0. The predicted octanol–water partition coefficient (Wildman–Crippen LogP) is 3.16. The van der Waals surface area contributed by atoms with Gasteiger partial charge in [0.05, 0.1) is 13.2 Å². The van der Waals surface area contributed by atoms with Gasteiger partial charge in [-0.25, -0.2) is 0 Å². The predicted molar refractivity (Wildman–Crippen MR) is 81.2 cm³/mol. The van der Waals surface area contributed by atoms with Crippen molar-refractivity contribution >= 4 is 28.2 Å². The molecular weight excluding hydrogens is 292 g/mol. The van der Waals surface area contributed by atoms with E-state index in [-0.39, 0.29) is 0 Å². The number of hydrogen-bond acceptors (Lipinski definition) is 7. The third kappa shape index (κ3) is 4.40. The van der Waals surface area contributed by atoms with Gasteiger partial charge < -0.3 is 10.1 Å². The van der Waals surface area contributed by atoms with Crippen LogP contribution in [0.4, 0.5) is 5.13 Å². The number of rotatable bonds is 7. The molecule has 0 fully saturated rings. The Morgan fingerprint density at radius 3 is 2.85 bits per heavy atom. The summed E-state index contributed by atoms with van der Waals surface area (Å²) in [5, 5.41) is 20.6. The first kappa shape index (κ1) is 14.6. The highest BCUT2D eigenvalue weighted by molar-refractivity contribution is 8.01. The Balaban J connectivity index is 1.82. The van der Waals surface area contributed by atoms with Crippen LogP contribution in [0, 0.1) is 11.3 Å². The Morgan fingerprint density at radius 2 is 2.15 bits per heavy atom. The number of aromatic nitrogens is 2. The highest BCUT2D eigenvalue weighted by atomic mass is 32.2. The summed E-state index contributed by atoms with van der Waals surface area (Å²) in [5.74, 6) is 1.60. The topological polar surface area (TPSA) is 70.8 Å². The Kier molecular flexibility index (Phi) is 5.65. The smallest absolute Gasteiger partial charge is 0.206 e. The molecule has 0 aliphatic rings. The fourth-order valence-electron chi connectivity index (χ4n) is 1.44. The zero-order valence-corrected chi connectivity index (χ0v) is 12.6. The first-order valence-electron chi connectivity index (χ1n) is 6.02. The molecule has 0 amide bonds. The molecule has 0 radical (unpaired) electrons. The van der Waals surface area contributed by atoms with Crippen molar-refractivity contribution in [2.75, 3.05) is 18.2 Å². The van der Waals surface area contributed by atoms with Crippen molar-refractivity contribution in [3.63, 3.8) is 0 Å². The minimum Gasteiger partial charge on any atom is -0.497 e. The van der Waals surface area contributed by atoms with Crippen molar-refractivity contribution in [1.29, 1.82) is 5.26 Å². The first-order valence-corrected chi connectivity index (χ1v) is 7.82. The molecule has 1 heterocycles. The van der Waals surface area contributed by atoms with Gasteiger partial charge in [-0.2, -0.15) is 5.26 Å². The van der Waals surface area contributed by atoms with Crippen LogP contribution in [0.15, 0.2) is 28.6 Å². The molecular formula is C13H14N4OS2. The molecule has 5 nitrogen and oxygen atoms in total. The fraction of sp³-hybridized carbons (Fsp3) is 0.308. The van der Waals surface area contributed by atoms with Gasteiger partial charge in [-0.05, 0) is 17.7 Å². The van der Waals surface area contributed by atoms with Gasteiger partial charge >= 0.3 is 0 Å². The standard InChI is InChI=1S/C13H14N4OS2/c1-18-11-5-3-10(4-6-11)9-15-12-16-17-13(20-12)19-8-2-7-14/h3-6H,2,8-9H2,1H3,(H,15,16). The van der Waals surface area contributed by atoms with Crippen molar-refractivity contribution in [1.82, 2.24) is 10.2 Å². The van der Waals surface area contributed by atoms with E-state index in [1.54, 1.807) is 18.9 Å². The van der Waals surface area contributed by atoms with E-state index in [2.05, 4.69) is 21.6 Å². The average Bonchev–Trinajstić information content (AvgIpc) is 2.94. The number of hydrogen-bond donors (Lipinski definition) is 1. The molecule has 0 atom stereocenters. The molecule has 0 saturated heterocycles. The van der Waals surface area contributed by atoms with E-state index in [1.807, 2.05) is 24.3 Å². The van der Waals surface area contributed by atoms with E-state index < -0.39 is 0 Å². The minimum atomic E-state index is 0.527. The van der Waals surface area contributed by atoms with Crippen LogP contribution in [0.3, 0.4) is 0 Å². The molecule has 1 aromatic carbocycles. The quantitative estimate of drug-likeness (QED) is 0.626. The Labute approximate surface area is 126 Å². The lowest BCUT2D eigenvalue weighted by Crippen LogP contribution is -1.98. The van der Waals surface area contributed by atoms with E-state index in [9.17, 15) is 0 Å². The van der Waals surface area contributed by atoms with Crippen molar-refractivity contribution in [3.05, 3.63) is 29.8 Å². The summed E-state index contributed by atoms with van der Waals surface area (Å²) in [6, 6.07) is 9.99. The molecule has 0 aliphatic carbocycles.